The number of halogens is 3. The number of hydrogen-bond acceptors (Lipinski definition) is 9. The standard InChI is InChI=1S/C25H28F3NO8/c1-24(2,3)37-23(33)18-16-12-10-8-7-9(13(20(30)34-4)14(10)21(31)35-5)11(12)15(16)17(25(26,27)28)19(29-18)22(32)36-6/h7-14,16,19H,1-6H3/t9-,10-,11?,12?,13?,14?,16?,19?/m0/s1. The van der Waals surface area contributed by atoms with Gasteiger partial charge in [-0.3, -0.25) is 14.6 Å². The highest BCUT2D eigenvalue weighted by atomic mass is 19.4. The molecule has 0 spiro atoms. The predicted molar refractivity (Wildman–Crippen MR) is 120 cm³/mol. The molecule has 0 aromatic carbocycles. The fourth-order valence-electron chi connectivity index (χ4n) is 6.43. The van der Waals surface area contributed by atoms with Crippen LogP contribution in [-0.4, -0.2) is 68.7 Å². The second kappa shape index (κ2) is 8.98. The Balaban J connectivity index is 1.92. The van der Waals surface area contributed by atoms with Crippen LogP contribution in [0.5, 0.6) is 0 Å². The van der Waals surface area contributed by atoms with Crippen molar-refractivity contribution in [3.05, 3.63) is 23.3 Å². The minimum absolute atomic E-state index is 0.208. The van der Waals surface area contributed by atoms with E-state index in [-0.39, 0.29) is 11.3 Å². The van der Waals surface area contributed by atoms with Gasteiger partial charge in [-0.15, -0.1) is 0 Å². The number of aliphatic imine (C=N–C) groups is 1. The molecule has 6 unspecified atom stereocenters. The number of ether oxygens (including phenoxy) is 4. The van der Waals surface area contributed by atoms with Crippen LogP contribution in [0.4, 0.5) is 13.2 Å². The Morgan fingerprint density at radius 2 is 1.35 bits per heavy atom. The molecule has 0 amide bonds. The summed E-state index contributed by atoms with van der Waals surface area (Å²) in [6.07, 6.45) is -1.70. The van der Waals surface area contributed by atoms with Gasteiger partial charge in [-0.25, -0.2) is 9.59 Å². The molecule has 1 heterocycles. The van der Waals surface area contributed by atoms with Crippen LogP contribution >= 0.6 is 0 Å². The molecule has 4 aliphatic carbocycles. The normalized spacial score (nSPS) is 33.9. The van der Waals surface area contributed by atoms with E-state index in [0.717, 1.165) is 21.3 Å². The van der Waals surface area contributed by atoms with Gasteiger partial charge in [0.15, 0.2) is 6.04 Å². The van der Waals surface area contributed by atoms with E-state index in [4.69, 9.17) is 14.2 Å². The molecule has 37 heavy (non-hydrogen) atoms. The van der Waals surface area contributed by atoms with Crippen molar-refractivity contribution in [3.8, 4) is 0 Å². The summed E-state index contributed by atoms with van der Waals surface area (Å²) in [5.41, 5.74) is -2.75. The van der Waals surface area contributed by atoms with Crippen LogP contribution in [0, 0.1) is 41.4 Å². The number of methoxy groups -OCH3 is 3. The van der Waals surface area contributed by atoms with Crippen LogP contribution in [0.1, 0.15) is 20.8 Å². The molecule has 202 valence electrons. The Bertz CT molecular complexity index is 1130. The third-order valence-electron chi connectivity index (χ3n) is 7.56. The highest BCUT2D eigenvalue weighted by Gasteiger charge is 2.70. The summed E-state index contributed by atoms with van der Waals surface area (Å²) < 4.78 is 63.4. The summed E-state index contributed by atoms with van der Waals surface area (Å²) in [6, 6.07) is -2.13. The third-order valence-corrected chi connectivity index (χ3v) is 7.56. The van der Waals surface area contributed by atoms with E-state index in [0.29, 0.717) is 0 Å². The van der Waals surface area contributed by atoms with Crippen LogP contribution in [0.15, 0.2) is 28.3 Å². The van der Waals surface area contributed by atoms with Crippen LogP contribution in [-0.2, 0) is 38.1 Å². The fraction of sp³-hybridized carbons (Fsp3) is 0.640. The monoisotopic (exact) mass is 527 g/mol. The van der Waals surface area contributed by atoms with Crippen molar-refractivity contribution < 1.29 is 51.3 Å². The summed E-state index contributed by atoms with van der Waals surface area (Å²) in [6.45, 7) is 4.77. The Hall–Kier alpha value is -3.18. The van der Waals surface area contributed by atoms with Crippen molar-refractivity contribution in [2.45, 2.75) is 38.6 Å². The SMILES string of the molecule is COC(=O)C1N=C(C(=O)OC(C)(C)C)C2C(=C1C(F)(F)F)C1C2[C@@H]2C=C[C@@H]1C(C(=O)OC)C2C(=O)OC. The Morgan fingerprint density at radius 1 is 0.838 bits per heavy atom. The number of nitrogens with zero attached hydrogens (tertiary/aromatic N) is 1. The molecule has 5 rings (SSSR count). The predicted octanol–water partition coefficient (Wildman–Crippen LogP) is 2.44. The lowest BCUT2D eigenvalue weighted by atomic mass is 9.39. The lowest BCUT2D eigenvalue weighted by Crippen LogP contribution is -2.65. The highest BCUT2D eigenvalue weighted by molar-refractivity contribution is 6.39. The van der Waals surface area contributed by atoms with E-state index < -0.39 is 88.7 Å². The van der Waals surface area contributed by atoms with Crippen molar-refractivity contribution in [2.24, 2.45) is 46.4 Å². The molecule has 2 saturated carbocycles. The Morgan fingerprint density at radius 3 is 1.84 bits per heavy atom. The molecular weight excluding hydrogens is 499 g/mol. The lowest BCUT2D eigenvalue weighted by molar-refractivity contribution is -0.173. The first-order chi connectivity index (χ1) is 17.2. The summed E-state index contributed by atoms with van der Waals surface area (Å²) in [4.78, 5) is 55.2. The number of carbonyl (C=O) groups is 4. The van der Waals surface area contributed by atoms with Gasteiger partial charge < -0.3 is 18.9 Å². The number of esters is 4. The molecule has 5 aliphatic rings. The Labute approximate surface area is 211 Å². The quantitative estimate of drug-likeness (QED) is 0.311. The molecule has 9 nitrogen and oxygen atoms in total. The number of rotatable bonds is 4. The minimum atomic E-state index is -4.98. The van der Waals surface area contributed by atoms with Crippen molar-refractivity contribution in [1.82, 2.24) is 0 Å². The van der Waals surface area contributed by atoms with Gasteiger partial charge in [-0.2, -0.15) is 13.2 Å². The number of allylic oxidation sites excluding steroid dienone is 3. The molecule has 2 bridgehead atoms. The molecule has 0 aromatic heterocycles. The van der Waals surface area contributed by atoms with Crippen molar-refractivity contribution >= 4 is 29.6 Å². The molecule has 8 atom stereocenters. The molecule has 0 N–H and O–H groups in total. The molecule has 1 aliphatic heterocycles. The fourth-order valence-corrected chi connectivity index (χ4v) is 6.43. The third kappa shape index (κ3) is 4.14. The van der Waals surface area contributed by atoms with Crippen molar-refractivity contribution in [3.63, 3.8) is 0 Å². The number of alkyl halides is 3. The average molecular weight is 527 g/mol. The van der Waals surface area contributed by atoms with Gasteiger partial charge in [0.25, 0.3) is 0 Å². The van der Waals surface area contributed by atoms with Gasteiger partial charge in [-0.1, -0.05) is 12.2 Å². The molecule has 12 heteroatoms. The van der Waals surface area contributed by atoms with E-state index >= 15 is 0 Å². The molecule has 2 fully saturated rings. The largest absolute Gasteiger partial charge is 0.469 e. The van der Waals surface area contributed by atoms with Gasteiger partial charge in [0, 0.05) is 5.92 Å². The zero-order valence-electron chi connectivity index (χ0n) is 21.1. The van der Waals surface area contributed by atoms with Crippen LogP contribution in [0.25, 0.3) is 0 Å². The van der Waals surface area contributed by atoms with Gasteiger partial charge in [0.05, 0.1) is 38.7 Å². The van der Waals surface area contributed by atoms with Crippen molar-refractivity contribution in [1.29, 1.82) is 0 Å². The topological polar surface area (TPSA) is 118 Å². The maximum absolute atomic E-state index is 14.5. The van der Waals surface area contributed by atoms with Gasteiger partial charge in [-0.05, 0) is 50.0 Å². The maximum Gasteiger partial charge on any atom is 0.415 e. The number of carbonyl (C=O) groups excluding carboxylic acids is 4. The van der Waals surface area contributed by atoms with Gasteiger partial charge in [0.1, 0.15) is 11.3 Å². The van der Waals surface area contributed by atoms with Gasteiger partial charge in [0.2, 0.25) is 0 Å². The average Bonchev–Trinajstić information content (AvgIpc) is 2.81. The summed E-state index contributed by atoms with van der Waals surface area (Å²) in [5, 5.41) is 0. The van der Waals surface area contributed by atoms with E-state index in [1.165, 1.54) is 0 Å². The summed E-state index contributed by atoms with van der Waals surface area (Å²) in [7, 11) is 3.22. The van der Waals surface area contributed by atoms with E-state index in [1.54, 1.807) is 32.9 Å². The van der Waals surface area contributed by atoms with Gasteiger partial charge >= 0.3 is 30.1 Å². The smallest absolute Gasteiger partial charge is 0.415 e. The zero-order chi connectivity index (χ0) is 27.6. The first kappa shape index (κ1) is 26.9. The maximum atomic E-state index is 14.5. The molecular formula is C25H28F3NO8. The summed E-state index contributed by atoms with van der Waals surface area (Å²) in [5.74, 6) is -10.2. The number of hydrogen-bond donors (Lipinski definition) is 0. The van der Waals surface area contributed by atoms with Crippen LogP contribution in [0.3, 0.4) is 0 Å². The number of dihydropyridines is 1. The molecule has 0 radical (unpaired) electrons. The van der Waals surface area contributed by atoms with Crippen molar-refractivity contribution in [2.75, 3.05) is 21.3 Å². The second-order valence-electron chi connectivity index (χ2n) is 10.5. The highest BCUT2D eigenvalue weighted by Crippen LogP contribution is 2.67. The Kier molecular flexibility index (Phi) is 6.52. The van der Waals surface area contributed by atoms with E-state index in [9.17, 15) is 32.3 Å². The number of fused-ring (bicyclic) bond motifs is 2. The molecule has 0 aromatic rings. The lowest BCUT2D eigenvalue weighted by Gasteiger charge is -2.63. The second-order valence-corrected chi connectivity index (χ2v) is 10.5. The van der Waals surface area contributed by atoms with Crippen LogP contribution in [0.2, 0.25) is 0 Å². The first-order valence-electron chi connectivity index (χ1n) is 11.7. The first-order valence-corrected chi connectivity index (χ1v) is 11.7. The summed E-state index contributed by atoms with van der Waals surface area (Å²) >= 11 is 0. The molecule has 0 saturated heterocycles. The van der Waals surface area contributed by atoms with E-state index in [1.807, 2.05) is 0 Å². The zero-order valence-corrected chi connectivity index (χ0v) is 21.1. The minimum Gasteiger partial charge on any atom is -0.469 e. The van der Waals surface area contributed by atoms with Crippen LogP contribution < -0.4 is 0 Å². The van der Waals surface area contributed by atoms with E-state index in [2.05, 4.69) is 9.73 Å².